The third-order valence-electron chi connectivity index (χ3n) is 2.54. The molecule has 1 aromatic carbocycles. The van der Waals surface area contributed by atoms with Crippen molar-refractivity contribution in [1.82, 2.24) is 9.55 Å². The van der Waals surface area contributed by atoms with Crippen LogP contribution in [0.1, 0.15) is 30.9 Å². The Morgan fingerprint density at radius 1 is 1.33 bits per heavy atom. The van der Waals surface area contributed by atoms with Gasteiger partial charge in [0.05, 0.1) is 6.33 Å². The summed E-state index contributed by atoms with van der Waals surface area (Å²) in [5.41, 5.74) is 2.73. The molecular weight excluding hydrogens is 184 g/mol. The van der Waals surface area contributed by atoms with Crippen LogP contribution in [0, 0.1) is 0 Å². The SMILES string of the molecule is CC(C)c1cccc(Cn2ccnc2)c1. The van der Waals surface area contributed by atoms with Crippen molar-refractivity contribution in [3.8, 4) is 0 Å². The quantitative estimate of drug-likeness (QED) is 0.744. The Morgan fingerprint density at radius 3 is 2.87 bits per heavy atom. The monoisotopic (exact) mass is 200 g/mol. The lowest BCUT2D eigenvalue weighted by Crippen LogP contribution is -1.97. The van der Waals surface area contributed by atoms with Gasteiger partial charge in [0.25, 0.3) is 0 Å². The van der Waals surface area contributed by atoms with Gasteiger partial charge in [-0.05, 0) is 17.0 Å². The van der Waals surface area contributed by atoms with Crippen molar-refractivity contribution in [2.24, 2.45) is 0 Å². The molecule has 1 aromatic heterocycles. The average molecular weight is 200 g/mol. The molecule has 0 saturated carbocycles. The molecule has 0 N–H and O–H groups in total. The largest absolute Gasteiger partial charge is 0.333 e. The van der Waals surface area contributed by atoms with E-state index < -0.39 is 0 Å². The summed E-state index contributed by atoms with van der Waals surface area (Å²) >= 11 is 0. The second kappa shape index (κ2) is 4.30. The van der Waals surface area contributed by atoms with Crippen LogP contribution in [0.25, 0.3) is 0 Å². The first kappa shape index (κ1) is 9.97. The van der Waals surface area contributed by atoms with E-state index in [0.29, 0.717) is 5.92 Å². The molecule has 15 heavy (non-hydrogen) atoms. The number of imidazole rings is 1. The Labute approximate surface area is 90.6 Å². The van der Waals surface area contributed by atoms with Crippen LogP contribution < -0.4 is 0 Å². The molecule has 0 amide bonds. The molecule has 0 aliphatic rings. The van der Waals surface area contributed by atoms with Crippen molar-refractivity contribution >= 4 is 0 Å². The molecule has 0 unspecified atom stereocenters. The van der Waals surface area contributed by atoms with Crippen molar-refractivity contribution < 1.29 is 0 Å². The molecule has 1 heterocycles. The van der Waals surface area contributed by atoms with Crippen molar-refractivity contribution in [3.63, 3.8) is 0 Å². The molecule has 0 atom stereocenters. The standard InChI is InChI=1S/C13H16N2/c1-11(2)13-5-3-4-12(8-13)9-15-7-6-14-10-15/h3-8,10-11H,9H2,1-2H3. The van der Waals surface area contributed by atoms with Crippen LogP contribution >= 0.6 is 0 Å². The van der Waals surface area contributed by atoms with Gasteiger partial charge in [-0.15, -0.1) is 0 Å². The number of aromatic nitrogens is 2. The zero-order valence-corrected chi connectivity index (χ0v) is 9.22. The van der Waals surface area contributed by atoms with E-state index in [2.05, 4.69) is 47.7 Å². The summed E-state index contributed by atoms with van der Waals surface area (Å²) in [7, 11) is 0. The highest BCUT2D eigenvalue weighted by Crippen LogP contribution is 2.16. The highest BCUT2D eigenvalue weighted by atomic mass is 15.0. The Morgan fingerprint density at radius 2 is 2.20 bits per heavy atom. The lowest BCUT2D eigenvalue weighted by Gasteiger charge is -2.08. The normalized spacial score (nSPS) is 10.9. The first-order chi connectivity index (χ1) is 7.25. The summed E-state index contributed by atoms with van der Waals surface area (Å²) in [5, 5.41) is 0. The highest BCUT2D eigenvalue weighted by Gasteiger charge is 2.00. The average Bonchev–Trinajstić information content (AvgIpc) is 2.71. The van der Waals surface area contributed by atoms with E-state index in [1.165, 1.54) is 11.1 Å². The highest BCUT2D eigenvalue weighted by molar-refractivity contribution is 5.25. The Balaban J connectivity index is 2.18. The maximum atomic E-state index is 4.04. The summed E-state index contributed by atoms with van der Waals surface area (Å²) in [6, 6.07) is 8.74. The van der Waals surface area contributed by atoms with Crippen LogP contribution in [0.5, 0.6) is 0 Å². The number of hydrogen-bond acceptors (Lipinski definition) is 1. The Hall–Kier alpha value is -1.57. The third kappa shape index (κ3) is 2.46. The van der Waals surface area contributed by atoms with Crippen molar-refractivity contribution in [2.75, 3.05) is 0 Å². The van der Waals surface area contributed by atoms with Gasteiger partial charge in [0.15, 0.2) is 0 Å². The molecule has 0 aliphatic carbocycles. The fourth-order valence-electron chi connectivity index (χ4n) is 1.64. The van der Waals surface area contributed by atoms with Crippen LogP contribution in [0.3, 0.4) is 0 Å². The fraction of sp³-hybridized carbons (Fsp3) is 0.308. The molecule has 2 heteroatoms. The molecule has 78 valence electrons. The number of hydrogen-bond donors (Lipinski definition) is 0. The molecule has 0 fully saturated rings. The van der Waals surface area contributed by atoms with Gasteiger partial charge < -0.3 is 4.57 Å². The lowest BCUT2D eigenvalue weighted by molar-refractivity contribution is 0.789. The Bertz CT molecular complexity index is 416. The second-order valence-electron chi connectivity index (χ2n) is 4.13. The summed E-state index contributed by atoms with van der Waals surface area (Å²) in [5.74, 6) is 0.590. The summed E-state index contributed by atoms with van der Waals surface area (Å²) in [6.07, 6.45) is 5.65. The molecule has 0 spiro atoms. The van der Waals surface area contributed by atoms with Crippen LogP contribution in [-0.4, -0.2) is 9.55 Å². The van der Waals surface area contributed by atoms with E-state index in [9.17, 15) is 0 Å². The van der Waals surface area contributed by atoms with E-state index in [1.54, 1.807) is 0 Å². The van der Waals surface area contributed by atoms with Crippen molar-refractivity contribution in [2.45, 2.75) is 26.3 Å². The van der Waals surface area contributed by atoms with Gasteiger partial charge in [-0.2, -0.15) is 0 Å². The van der Waals surface area contributed by atoms with Gasteiger partial charge in [-0.3, -0.25) is 0 Å². The molecule has 0 saturated heterocycles. The molecule has 0 bridgehead atoms. The number of rotatable bonds is 3. The Kier molecular flexibility index (Phi) is 2.86. The molecule has 2 rings (SSSR count). The van der Waals surface area contributed by atoms with Gasteiger partial charge in [0, 0.05) is 18.9 Å². The minimum absolute atomic E-state index is 0.590. The van der Waals surface area contributed by atoms with Crippen LogP contribution in [-0.2, 0) is 6.54 Å². The zero-order chi connectivity index (χ0) is 10.7. The topological polar surface area (TPSA) is 17.8 Å². The van der Waals surface area contributed by atoms with Gasteiger partial charge in [-0.25, -0.2) is 4.98 Å². The zero-order valence-electron chi connectivity index (χ0n) is 9.22. The second-order valence-corrected chi connectivity index (χ2v) is 4.13. The first-order valence-corrected chi connectivity index (χ1v) is 5.30. The van der Waals surface area contributed by atoms with Crippen LogP contribution in [0.2, 0.25) is 0 Å². The molecule has 0 aliphatic heterocycles. The van der Waals surface area contributed by atoms with E-state index in [0.717, 1.165) is 6.54 Å². The molecule has 2 aromatic rings. The molecular formula is C13H16N2. The first-order valence-electron chi connectivity index (χ1n) is 5.30. The van der Waals surface area contributed by atoms with Crippen LogP contribution in [0.4, 0.5) is 0 Å². The van der Waals surface area contributed by atoms with Gasteiger partial charge in [0.2, 0.25) is 0 Å². The number of nitrogens with zero attached hydrogens (tertiary/aromatic N) is 2. The predicted octanol–water partition coefficient (Wildman–Crippen LogP) is 3.05. The summed E-state index contributed by atoms with van der Waals surface area (Å²) < 4.78 is 2.08. The lowest BCUT2D eigenvalue weighted by atomic mass is 10.0. The van der Waals surface area contributed by atoms with Crippen LogP contribution in [0.15, 0.2) is 43.0 Å². The van der Waals surface area contributed by atoms with Gasteiger partial charge in [0.1, 0.15) is 0 Å². The predicted molar refractivity (Wildman–Crippen MR) is 61.9 cm³/mol. The molecule has 2 nitrogen and oxygen atoms in total. The smallest absolute Gasteiger partial charge is 0.0949 e. The van der Waals surface area contributed by atoms with Gasteiger partial charge >= 0.3 is 0 Å². The fourth-order valence-corrected chi connectivity index (χ4v) is 1.64. The summed E-state index contributed by atoms with van der Waals surface area (Å²) in [6.45, 7) is 5.34. The van der Waals surface area contributed by atoms with E-state index >= 15 is 0 Å². The van der Waals surface area contributed by atoms with Crippen molar-refractivity contribution in [3.05, 3.63) is 54.1 Å². The van der Waals surface area contributed by atoms with E-state index in [-0.39, 0.29) is 0 Å². The van der Waals surface area contributed by atoms with E-state index in [4.69, 9.17) is 0 Å². The minimum Gasteiger partial charge on any atom is -0.333 e. The minimum atomic E-state index is 0.590. The van der Waals surface area contributed by atoms with E-state index in [1.807, 2.05) is 18.7 Å². The maximum Gasteiger partial charge on any atom is 0.0949 e. The maximum absolute atomic E-state index is 4.04. The van der Waals surface area contributed by atoms with Crippen molar-refractivity contribution in [1.29, 1.82) is 0 Å². The molecule has 0 radical (unpaired) electrons. The summed E-state index contributed by atoms with van der Waals surface area (Å²) in [4.78, 5) is 4.04. The number of benzene rings is 1. The van der Waals surface area contributed by atoms with Gasteiger partial charge in [-0.1, -0.05) is 38.1 Å². The third-order valence-corrected chi connectivity index (χ3v) is 2.54.